The van der Waals surface area contributed by atoms with Crippen molar-refractivity contribution in [2.24, 2.45) is 0 Å². The van der Waals surface area contributed by atoms with Crippen LogP contribution in [0.25, 0.3) is 44.7 Å². The summed E-state index contributed by atoms with van der Waals surface area (Å²) in [6, 6.07) is 16.1. The van der Waals surface area contributed by atoms with Crippen molar-refractivity contribution >= 4 is 33.6 Å². The predicted octanol–water partition coefficient (Wildman–Crippen LogP) is 9.51. The van der Waals surface area contributed by atoms with Gasteiger partial charge in [0.2, 0.25) is 0 Å². The van der Waals surface area contributed by atoms with Crippen molar-refractivity contribution in [3.63, 3.8) is 0 Å². The molecule has 3 N–H and O–H groups in total. The monoisotopic (exact) mass is 646 g/mol. The largest absolute Gasteiger partial charge is 0.384 e. The summed E-state index contributed by atoms with van der Waals surface area (Å²) in [7, 11) is 2.15. The summed E-state index contributed by atoms with van der Waals surface area (Å²) in [6.45, 7) is 30.1. The third-order valence-corrected chi connectivity index (χ3v) is 8.86. The van der Waals surface area contributed by atoms with E-state index >= 15 is 0 Å². The number of allylic oxidation sites excluding steroid dienone is 2. The molecule has 0 aliphatic rings. The summed E-state index contributed by atoms with van der Waals surface area (Å²) >= 11 is 0. The zero-order valence-electron chi connectivity index (χ0n) is 30.6. The quantitative estimate of drug-likeness (QED) is 0.0948. The van der Waals surface area contributed by atoms with E-state index in [9.17, 15) is 0 Å². The number of aromatic amines is 1. The Hall–Kier alpha value is -4.29. The minimum Gasteiger partial charge on any atom is -0.384 e. The molecule has 1 aromatic heterocycles. The summed E-state index contributed by atoms with van der Waals surface area (Å²) in [5, 5.41) is 9.52. The van der Waals surface area contributed by atoms with Crippen LogP contribution in [0.3, 0.4) is 0 Å². The number of H-pyrrole nitrogens is 1. The van der Waals surface area contributed by atoms with Crippen LogP contribution in [0.15, 0.2) is 79.7 Å². The van der Waals surface area contributed by atoms with Gasteiger partial charge in [-0.3, -0.25) is 4.90 Å². The van der Waals surface area contributed by atoms with Crippen LogP contribution >= 0.6 is 0 Å². The van der Waals surface area contributed by atoms with Gasteiger partial charge in [-0.2, -0.15) is 0 Å². The van der Waals surface area contributed by atoms with Crippen LogP contribution < -0.4 is 10.6 Å². The normalized spacial score (nSPS) is 12.5. The molecule has 4 aromatic rings. The van der Waals surface area contributed by atoms with Crippen LogP contribution in [-0.2, 0) is 13.0 Å². The van der Waals surface area contributed by atoms with Gasteiger partial charge >= 0.3 is 0 Å². The number of hydrogen-bond acceptors (Lipinski definition) is 5. The summed E-state index contributed by atoms with van der Waals surface area (Å²) < 4.78 is 0. The molecular formula is C42H58N6. The van der Waals surface area contributed by atoms with Crippen molar-refractivity contribution in [1.82, 2.24) is 30.4 Å². The number of fused-ring (bicyclic) bond motifs is 3. The minimum atomic E-state index is 0.236. The van der Waals surface area contributed by atoms with Crippen LogP contribution in [0, 0.1) is 0 Å². The topological polar surface area (TPSA) is 59.2 Å². The van der Waals surface area contributed by atoms with Gasteiger partial charge in [0, 0.05) is 41.6 Å². The van der Waals surface area contributed by atoms with E-state index in [1.807, 2.05) is 13.0 Å². The number of nitrogens with zero attached hydrogens (tertiary/aromatic N) is 3. The van der Waals surface area contributed by atoms with Gasteiger partial charge in [-0.15, -0.1) is 0 Å². The molecule has 256 valence electrons. The van der Waals surface area contributed by atoms with Crippen LogP contribution in [0.1, 0.15) is 83.3 Å². The number of rotatable bonds is 19. The zero-order valence-corrected chi connectivity index (χ0v) is 30.6. The molecule has 4 rings (SSSR count). The molecule has 0 amide bonds. The fourth-order valence-corrected chi connectivity index (χ4v) is 6.54. The SMILES string of the molecule is C=Cc1cc2c(ccc3[nH]c(CN(C)CCC)nc32)cc1-c1ccc(/C(=C/CC)NC(C)CN(CCC)C(=C)CNC(=C)C)cc1CC. The fraction of sp³-hybridized carbons (Fsp3) is 0.405. The van der Waals surface area contributed by atoms with E-state index < -0.39 is 0 Å². The second kappa shape index (κ2) is 17.2. The Kier molecular flexibility index (Phi) is 13.1. The molecule has 0 aliphatic heterocycles. The lowest BCUT2D eigenvalue weighted by atomic mass is 9.90. The Morgan fingerprint density at radius 3 is 2.44 bits per heavy atom. The molecule has 0 saturated heterocycles. The van der Waals surface area contributed by atoms with Gasteiger partial charge in [-0.05, 0) is 111 Å². The molecule has 6 nitrogen and oxygen atoms in total. The van der Waals surface area contributed by atoms with Crippen molar-refractivity contribution in [3.8, 4) is 11.1 Å². The molecule has 0 fully saturated rings. The third kappa shape index (κ3) is 8.99. The number of benzene rings is 3. The summed E-state index contributed by atoms with van der Waals surface area (Å²) in [5.74, 6) is 1.00. The summed E-state index contributed by atoms with van der Waals surface area (Å²) in [4.78, 5) is 13.3. The van der Waals surface area contributed by atoms with Crippen molar-refractivity contribution in [3.05, 3.63) is 102 Å². The van der Waals surface area contributed by atoms with Crippen molar-refractivity contribution in [2.45, 2.75) is 79.8 Å². The Morgan fingerprint density at radius 2 is 1.77 bits per heavy atom. The standard InChI is InChI=1S/C42H58N6/c1-11-16-39(44-30(8)27-48(22-13-3)31(9)26-43-29(6)7)35-17-19-36(32(14-4)23-35)37-25-34-18-20-40-42(38(34)24-33(37)15-5)46-41(45-40)28-47(10)21-12-2/h15-20,23-25,30,43-44H,5-6,9,11-14,21-22,26-28H2,1-4,7-8,10H3,(H,45,46)/b39-16-. The summed E-state index contributed by atoms with van der Waals surface area (Å²) in [6.07, 6.45) is 8.37. The first kappa shape index (κ1) is 36.5. The number of hydrogen-bond donors (Lipinski definition) is 3. The van der Waals surface area contributed by atoms with Gasteiger partial charge in [-0.25, -0.2) is 4.98 Å². The molecule has 1 unspecified atom stereocenters. The number of imidazole rings is 1. The molecule has 0 saturated carbocycles. The Bertz CT molecular complexity index is 1760. The molecule has 3 aromatic carbocycles. The third-order valence-electron chi connectivity index (χ3n) is 8.86. The maximum absolute atomic E-state index is 5.04. The molecular weight excluding hydrogens is 589 g/mol. The second-order valence-corrected chi connectivity index (χ2v) is 13.2. The van der Waals surface area contributed by atoms with Crippen molar-refractivity contribution < 1.29 is 0 Å². The second-order valence-electron chi connectivity index (χ2n) is 13.2. The lowest BCUT2D eigenvalue weighted by Gasteiger charge is -2.31. The molecule has 0 spiro atoms. The van der Waals surface area contributed by atoms with Crippen LogP contribution in [0.2, 0.25) is 0 Å². The van der Waals surface area contributed by atoms with Crippen LogP contribution in [0.5, 0.6) is 0 Å². The molecule has 1 heterocycles. The molecule has 1 atom stereocenters. The van der Waals surface area contributed by atoms with Gasteiger partial charge in [0.1, 0.15) is 5.82 Å². The average Bonchev–Trinajstić information content (AvgIpc) is 3.48. The Balaban J connectivity index is 1.63. The van der Waals surface area contributed by atoms with Crippen LogP contribution in [-0.4, -0.2) is 59.0 Å². The highest BCUT2D eigenvalue weighted by molar-refractivity contribution is 6.07. The van der Waals surface area contributed by atoms with Crippen molar-refractivity contribution in [1.29, 1.82) is 0 Å². The Morgan fingerprint density at radius 1 is 1.00 bits per heavy atom. The summed E-state index contributed by atoms with van der Waals surface area (Å²) in [5.41, 5.74) is 11.4. The highest BCUT2D eigenvalue weighted by atomic mass is 15.2. The van der Waals surface area contributed by atoms with Crippen LogP contribution in [0.4, 0.5) is 0 Å². The molecule has 0 aliphatic carbocycles. The highest BCUT2D eigenvalue weighted by Gasteiger charge is 2.17. The van der Waals surface area contributed by atoms with Gasteiger partial charge in [0.05, 0.1) is 24.1 Å². The predicted molar refractivity (Wildman–Crippen MR) is 210 cm³/mol. The minimum absolute atomic E-state index is 0.236. The number of aromatic nitrogens is 2. The maximum atomic E-state index is 5.04. The first-order valence-corrected chi connectivity index (χ1v) is 17.8. The lowest BCUT2D eigenvalue weighted by Crippen LogP contribution is -2.40. The maximum Gasteiger partial charge on any atom is 0.121 e. The van der Waals surface area contributed by atoms with E-state index in [2.05, 4.69) is 135 Å². The van der Waals surface area contributed by atoms with E-state index in [1.54, 1.807) is 0 Å². The molecule has 0 bridgehead atoms. The van der Waals surface area contributed by atoms with Crippen molar-refractivity contribution in [2.75, 3.05) is 33.2 Å². The number of aryl methyl sites for hydroxylation is 1. The van der Waals surface area contributed by atoms with E-state index in [4.69, 9.17) is 4.98 Å². The van der Waals surface area contributed by atoms with E-state index in [0.29, 0.717) is 6.54 Å². The first-order chi connectivity index (χ1) is 23.1. The van der Waals surface area contributed by atoms with Gasteiger partial charge in [-0.1, -0.05) is 77.8 Å². The molecule has 48 heavy (non-hydrogen) atoms. The van der Waals surface area contributed by atoms with E-state index in [0.717, 1.165) is 91.1 Å². The average molecular weight is 647 g/mol. The molecule has 6 heteroatoms. The smallest absolute Gasteiger partial charge is 0.121 e. The number of nitrogens with one attached hydrogen (secondary N) is 3. The van der Waals surface area contributed by atoms with Gasteiger partial charge < -0.3 is 20.5 Å². The Labute approximate surface area is 289 Å². The van der Waals surface area contributed by atoms with Gasteiger partial charge in [0.15, 0.2) is 0 Å². The van der Waals surface area contributed by atoms with Gasteiger partial charge in [0.25, 0.3) is 0 Å². The lowest BCUT2D eigenvalue weighted by molar-refractivity contribution is 0.311. The first-order valence-electron chi connectivity index (χ1n) is 17.8. The molecule has 0 radical (unpaired) electrons. The van der Waals surface area contributed by atoms with E-state index in [-0.39, 0.29) is 6.04 Å². The highest BCUT2D eigenvalue weighted by Crippen LogP contribution is 2.36. The zero-order chi connectivity index (χ0) is 34.8. The van der Waals surface area contributed by atoms with E-state index in [1.165, 1.54) is 33.3 Å². The fourth-order valence-electron chi connectivity index (χ4n) is 6.54.